The zero-order valence-corrected chi connectivity index (χ0v) is 18.3. The van der Waals surface area contributed by atoms with Gasteiger partial charge in [-0.3, -0.25) is 4.90 Å². The summed E-state index contributed by atoms with van der Waals surface area (Å²) in [6.07, 6.45) is -4.77. The standard InChI is InChI=1S/C19H18F6N2OS.2ClH/c20-18(21,22)28-15-5-1-13(2-6-15)17(27-11-9-26-10-12-27)14-3-7-16(8-4-14)29-19(23,24)25;;/h1-8,17,26H,9-12H2;2*1H/t17-;;/m0../s1. The summed E-state index contributed by atoms with van der Waals surface area (Å²) in [5.41, 5.74) is -2.87. The summed E-state index contributed by atoms with van der Waals surface area (Å²) in [6, 6.07) is 11.4. The summed E-state index contributed by atoms with van der Waals surface area (Å²) in [4.78, 5) is 2.22. The van der Waals surface area contributed by atoms with Gasteiger partial charge in [-0.05, 0) is 47.2 Å². The highest BCUT2D eigenvalue weighted by molar-refractivity contribution is 8.00. The first-order valence-electron chi connectivity index (χ1n) is 8.77. The van der Waals surface area contributed by atoms with Crippen molar-refractivity contribution in [1.29, 1.82) is 0 Å². The number of hydrogen-bond donors (Lipinski definition) is 1. The lowest BCUT2D eigenvalue weighted by Crippen LogP contribution is -2.45. The van der Waals surface area contributed by atoms with Crippen LogP contribution in [0.15, 0.2) is 53.4 Å². The molecular formula is C19H20Cl2F6N2OS. The Labute approximate surface area is 192 Å². The molecule has 0 spiro atoms. The normalized spacial score (nSPS) is 16.1. The molecule has 1 aliphatic rings. The number of thioether (sulfide) groups is 1. The highest BCUT2D eigenvalue weighted by Gasteiger charge is 2.32. The fourth-order valence-corrected chi connectivity index (χ4v) is 3.80. The van der Waals surface area contributed by atoms with Crippen LogP contribution in [0.1, 0.15) is 17.2 Å². The van der Waals surface area contributed by atoms with Crippen LogP contribution in [0.4, 0.5) is 26.3 Å². The molecule has 0 unspecified atom stereocenters. The molecule has 2 aromatic rings. The quantitative estimate of drug-likeness (QED) is 0.393. The predicted molar refractivity (Wildman–Crippen MR) is 112 cm³/mol. The van der Waals surface area contributed by atoms with E-state index in [1.807, 2.05) is 0 Å². The molecule has 1 fully saturated rings. The van der Waals surface area contributed by atoms with Crippen LogP contribution < -0.4 is 10.1 Å². The van der Waals surface area contributed by atoms with Gasteiger partial charge in [0.2, 0.25) is 0 Å². The highest BCUT2D eigenvalue weighted by Crippen LogP contribution is 2.38. The third-order valence-corrected chi connectivity index (χ3v) is 5.11. The van der Waals surface area contributed by atoms with Crippen LogP contribution in [-0.2, 0) is 0 Å². The van der Waals surface area contributed by atoms with E-state index < -0.39 is 11.9 Å². The molecule has 0 bridgehead atoms. The van der Waals surface area contributed by atoms with E-state index in [-0.39, 0.29) is 53.3 Å². The molecule has 3 nitrogen and oxygen atoms in total. The van der Waals surface area contributed by atoms with Crippen molar-refractivity contribution in [2.24, 2.45) is 0 Å². The van der Waals surface area contributed by atoms with Crippen molar-refractivity contribution >= 4 is 36.6 Å². The molecule has 1 N–H and O–H groups in total. The Morgan fingerprint density at radius 2 is 1.29 bits per heavy atom. The van der Waals surface area contributed by atoms with E-state index in [1.54, 1.807) is 24.3 Å². The van der Waals surface area contributed by atoms with E-state index in [9.17, 15) is 26.3 Å². The second-order valence-electron chi connectivity index (χ2n) is 6.42. The lowest BCUT2D eigenvalue weighted by atomic mass is 9.96. The second-order valence-corrected chi connectivity index (χ2v) is 7.56. The number of rotatable bonds is 5. The van der Waals surface area contributed by atoms with Gasteiger partial charge in [0.15, 0.2) is 0 Å². The summed E-state index contributed by atoms with van der Waals surface area (Å²) in [5, 5.41) is 3.23. The smallest absolute Gasteiger partial charge is 0.406 e. The van der Waals surface area contributed by atoms with Gasteiger partial charge in [0.25, 0.3) is 0 Å². The van der Waals surface area contributed by atoms with Crippen LogP contribution in [0, 0.1) is 0 Å². The Kier molecular flexibility index (Phi) is 10.3. The molecule has 0 aromatic heterocycles. The maximum Gasteiger partial charge on any atom is 0.573 e. The molecule has 31 heavy (non-hydrogen) atoms. The molecule has 0 saturated carbocycles. The maximum absolute atomic E-state index is 12.6. The monoisotopic (exact) mass is 508 g/mol. The first kappa shape index (κ1) is 27.7. The SMILES string of the molecule is Cl.Cl.FC(F)(F)Oc1ccc([C@@H](c2ccc(SC(F)(F)F)cc2)N2CCNCC2)cc1. The summed E-state index contributed by atoms with van der Waals surface area (Å²) < 4.78 is 78.8. The van der Waals surface area contributed by atoms with Crippen LogP contribution in [0.25, 0.3) is 0 Å². The van der Waals surface area contributed by atoms with Gasteiger partial charge >= 0.3 is 11.9 Å². The lowest BCUT2D eigenvalue weighted by Gasteiger charge is -2.35. The van der Waals surface area contributed by atoms with Crippen molar-refractivity contribution in [1.82, 2.24) is 10.2 Å². The number of benzene rings is 2. The molecule has 3 rings (SSSR count). The van der Waals surface area contributed by atoms with Crippen molar-refractivity contribution in [2.45, 2.75) is 22.8 Å². The highest BCUT2D eigenvalue weighted by atomic mass is 35.5. The molecule has 0 amide bonds. The zero-order valence-electron chi connectivity index (χ0n) is 15.9. The molecule has 1 saturated heterocycles. The number of nitrogens with one attached hydrogen (secondary N) is 1. The Bertz CT molecular complexity index is 738. The van der Waals surface area contributed by atoms with Crippen molar-refractivity contribution < 1.29 is 31.1 Å². The molecule has 0 radical (unpaired) electrons. The van der Waals surface area contributed by atoms with Crippen molar-refractivity contribution in [3.63, 3.8) is 0 Å². The molecule has 0 aliphatic carbocycles. The topological polar surface area (TPSA) is 24.5 Å². The van der Waals surface area contributed by atoms with Crippen LogP contribution in [0.3, 0.4) is 0 Å². The largest absolute Gasteiger partial charge is 0.573 e. The Morgan fingerprint density at radius 3 is 1.74 bits per heavy atom. The summed E-state index contributed by atoms with van der Waals surface area (Å²) in [5.74, 6) is -0.322. The average molecular weight is 509 g/mol. The Balaban J connectivity index is 0.00000240. The minimum absolute atomic E-state index is 0. The summed E-state index contributed by atoms with van der Waals surface area (Å²) in [7, 11) is 0. The van der Waals surface area contributed by atoms with Crippen LogP contribution in [0.5, 0.6) is 5.75 Å². The van der Waals surface area contributed by atoms with Gasteiger partial charge in [0.05, 0.1) is 6.04 Å². The van der Waals surface area contributed by atoms with E-state index in [0.717, 1.165) is 24.2 Å². The van der Waals surface area contributed by atoms with Gasteiger partial charge in [-0.15, -0.1) is 38.0 Å². The van der Waals surface area contributed by atoms with Gasteiger partial charge in [0, 0.05) is 31.1 Å². The molecule has 1 atom stereocenters. The van der Waals surface area contributed by atoms with E-state index in [1.165, 1.54) is 24.3 Å². The van der Waals surface area contributed by atoms with Crippen molar-refractivity contribution in [3.05, 3.63) is 59.7 Å². The van der Waals surface area contributed by atoms with Crippen molar-refractivity contribution in [3.8, 4) is 5.75 Å². The van der Waals surface area contributed by atoms with Crippen LogP contribution in [-0.4, -0.2) is 42.9 Å². The van der Waals surface area contributed by atoms with Gasteiger partial charge in [-0.25, -0.2) is 0 Å². The molecule has 174 valence electrons. The van der Waals surface area contributed by atoms with Gasteiger partial charge < -0.3 is 10.1 Å². The second kappa shape index (κ2) is 11.5. The lowest BCUT2D eigenvalue weighted by molar-refractivity contribution is -0.274. The van der Waals surface area contributed by atoms with Gasteiger partial charge in [-0.2, -0.15) is 13.2 Å². The fraction of sp³-hybridized carbons (Fsp3) is 0.368. The first-order valence-corrected chi connectivity index (χ1v) is 9.58. The maximum atomic E-state index is 12.6. The van der Waals surface area contributed by atoms with E-state index in [0.29, 0.717) is 13.1 Å². The van der Waals surface area contributed by atoms with E-state index >= 15 is 0 Å². The number of piperazine rings is 1. The third kappa shape index (κ3) is 8.61. The predicted octanol–water partition coefficient (Wildman–Crippen LogP) is 6.04. The molecule has 1 heterocycles. The van der Waals surface area contributed by atoms with E-state index in [4.69, 9.17) is 0 Å². The van der Waals surface area contributed by atoms with Gasteiger partial charge in [-0.1, -0.05) is 24.3 Å². The summed E-state index contributed by atoms with van der Waals surface area (Å²) >= 11 is -0.187. The minimum Gasteiger partial charge on any atom is -0.406 e. The minimum atomic E-state index is -4.77. The van der Waals surface area contributed by atoms with Crippen LogP contribution >= 0.6 is 36.6 Å². The number of ether oxygens (including phenoxy) is 1. The number of nitrogens with zero attached hydrogens (tertiary/aromatic N) is 1. The number of alkyl halides is 6. The van der Waals surface area contributed by atoms with Crippen LogP contribution in [0.2, 0.25) is 0 Å². The number of halogens is 8. The molecule has 12 heteroatoms. The Morgan fingerprint density at radius 1 is 0.806 bits per heavy atom. The first-order chi connectivity index (χ1) is 13.6. The summed E-state index contributed by atoms with van der Waals surface area (Å²) in [6.45, 7) is 2.89. The average Bonchev–Trinajstić information content (AvgIpc) is 2.63. The van der Waals surface area contributed by atoms with Crippen molar-refractivity contribution in [2.75, 3.05) is 26.2 Å². The van der Waals surface area contributed by atoms with E-state index in [2.05, 4.69) is 15.0 Å². The third-order valence-electron chi connectivity index (χ3n) is 4.38. The molecule has 2 aromatic carbocycles. The molecule has 1 aliphatic heterocycles. The fourth-order valence-electron chi connectivity index (χ4n) is 3.26. The Hall–Kier alpha value is -1.33. The van der Waals surface area contributed by atoms with Gasteiger partial charge in [0.1, 0.15) is 5.75 Å². The number of hydrogen-bond acceptors (Lipinski definition) is 4. The molecular weight excluding hydrogens is 489 g/mol. The zero-order chi connectivity index (χ0) is 21.1.